The van der Waals surface area contributed by atoms with Crippen LogP contribution in [-0.4, -0.2) is 41.7 Å². The van der Waals surface area contributed by atoms with Gasteiger partial charge in [-0.3, -0.25) is 4.90 Å². The van der Waals surface area contributed by atoms with Crippen molar-refractivity contribution in [3.63, 3.8) is 0 Å². The second kappa shape index (κ2) is 8.90. The molecule has 28 heavy (non-hydrogen) atoms. The van der Waals surface area contributed by atoms with Crippen LogP contribution >= 0.6 is 0 Å². The van der Waals surface area contributed by atoms with Gasteiger partial charge in [0.25, 0.3) is 0 Å². The van der Waals surface area contributed by atoms with Gasteiger partial charge in [-0.2, -0.15) is 0 Å². The van der Waals surface area contributed by atoms with Gasteiger partial charge in [0.15, 0.2) is 11.5 Å². The van der Waals surface area contributed by atoms with Crippen LogP contribution < -0.4 is 9.47 Å². The molecule has 0 radical (unpaired) electrons. The van der Waals surface area contributed by atoms with Gasteiger partial charge < -0.3 is 19.3 Å². The van der Waals surface area contributed by atoms with Crippen LogP contribution in [-0.2, 0) is 17.8 Å². The highest BCUT2D eigenvalue weighted by atomic mass is 19.1. The number of benzene rings is 2. The van der Waals surface area contributed by atoms with E-state index in [-0.39, 0.29) is 24.8 Å². The maximum Gasteiger partial charge on any atom is 0.231 e. The molecular weight excluding hydrogens is 361 g/mol. The SMILES string of the molecule is CC(C)(C)OCC(O)CN(Cc1ccc2c(c1)OCO2)Cc1ccccc1F. The fraction of sp³-hybridized carbons (Fsp3) is 0.455. The zero-order chi connectivity index (χ0) is 20.1. The van der Waals surface area contributed by atoms with E-state index in [0.29, 0.717) is 30.9 Å². The third-order valence-electron chi connectivity index (χ3n) is 4.37. The zero-order valence-corrected chi connectivity index (χ0v) is 16.7. The van der Waals surface area contributed by atoms with Crippen molar-refractivity contribution in [1.29, 1.82) is 0 Å². The second-order valence-electron chi connectivity index (χ2n) is 8.03. The minimum atomic E-state index is -0.681. The highest BCUT2D eigenvalue weighted by Gasteiger charge is 2.19. The summed E-state index contributed by atoms with van der Waals surface area (Å²) in [5.41, 5.74) is 1.27. The lowest BCUT2D eigenvalue weighted by Crippen LogP contribution is -2.36. The van der Waals surface area contributed by atoms with E-state index >= 15 is 0 Å². The van der Waals surface area contributed by atoms with Crippen LogP contribution in [0.3, 0.4) is 0 Å². The van der Waals surface area contributed by atoms with E-state index in [1.807, 2.05) is 49.9 Å². The van der Waals surface area contributed by atoms with Crippen LogP contribution in [0.2, 0.25) is 0 Å². The summed E-state index contributed by atoms with van der Waals surface area (Å²) in [4.78, 5) is 2.01. The number of halogens is 1. The lowest BCUT2D eigenvalue weighted by atomic mass is 10.1. The summed E-state index contributed by atoms with van der Waals surface area (Å²) >= 11 is 0. The Bertz CT molecular complexity index is 790. The summed E-state index contributed by atoms with van der Waals surface area (Å²) in [6.07, 6.45) is -0.681. The molecule has 2 aromatic carbocycles. The highest BCUT2D eigenvalue weighted by Crippen LogP contribution is 2.33. The molecule has 0 aliphatic carbocycles. The first kappa shape index (κ1) is 20.6. The summed E-state index contributed by atoms with van der Waals surface area (Å²) in [5, 5.41) is 10.5. The Morgan fingerprint density at radius 3 is 2.61 bits per heavy atom. The van der Waals surface area contributed by atoms with E-state index < -0.39 is 6.10 Å². The number of hydrogen-bond acceptors (Lipinski definition) is 5. The van der Waals surface area contributed by atoms with Gasteiger partial charge in [-0.1, -0.05) is 24.3 Å². The van der Waals surface area contributed by atoms with Crippen molar-refractivity contribution < 1.29 is 23.7 Å². The van der Waals surface area contributed by atoms with E-state index in [1.54, 1.807) is 12.1 Å². The molecule has 1 N–H and O–H groups in total. The second-order valence-corrected chi connectivity index (χ2v) is 8.03. The number of aliphatic hydroxyl groups excluding tert-OH is 1. The Morgan fingerprint density at radius 2 is 1.86 bits per heavy atom. The Morgan fingerprint density at radius 1 is 1.11 bits per heavy atom. The molecule has 5 nitrogen and oxygen atoms in total. The van der Waals surface area contributed by atoms with Gasteiger partial charge in [0.05, 0.1) is 18.3 Å². The van der Waals surface area contributed by atoms with Crippen molar-refractivity contribution >= 4 is 0 Å². The molecule has 0 bridgehead atoms. The molecule has 1 aliphatic heterocycles. The average Bonchev–Trinajstić information content (AvgIpc) is 3.09. The summed E-state index contributed by atoms with van der Waals surface area (Å²) in [7, 11) is 0. The number of ether oxygens (including phenoxy) is 3. The van der Waals surface area contributed by atoms with Crippen molar-refractivity contribution in [3.8, 4) is 11.5 Å². The normalized spacial score (nSPS) is 14.5. The standard InChI is InChI=1S/C22H28FNO4/c1-22(2,3)28-14-18(25)13-24(12-17-6-4-5-7-19(17)23)11-16-8-9-20-21(10-16)27-15-26-20/h4-10,18,25H,11-15H2,1-3H3. The van der Waals surface area contributed by atoms with Gasteiger partial charge in [0.2, 0.25) is 6.79 Å². The Balaban J connectivity index is 1.71. The molecule has 0 amide bonds. The van der Waals surface area contributed by atoms with E-state index in [4.69, 9.17) is 14.2 Å². The van der Waals surface area contributed by atoms with Crippen LogP contribution in [0.15, 0.2) is 42.5 Å². The zero-order valence-electron chi connectivity index (χ0n) is 16.7. The van der Waals surface area contributed by atoms with E-state index in [2.05, 4.69) is 0 Å². The van der Waals surface area contributed by atoms with Crippen LogP contribution in [0.5, 0.6) is 11.5 Å². The number of nitrogens with zero attached hydrogens (tertiary/aromatic N) is 1. The third-order valence-corrected chi connectivity index (χ3v) is 4.37. The monoisotopic (exact) mass is 389 g/mol. The predicted octanol–water partition coefficient (Wildman–Crippen LogP) is 3.73. The fourth-order valence-corrected chi connectivity index (χ4v) is 3.05. The van der Waals surface area contributed by atoms with Gasteiger partial charge in [-0.05, 0) is 44.5 Å². The lowest BCUT2D eigenvalue weighted by Gasteiger charge is -2.27. The number of rotatable bonds is 8. The maximum atomic E-state index is 14.2. The Labute approximate surface area is 165 Å². The maximum absolute atomic E-state index is 14.2. The topological polar surface area (TPSA) is 51.2 Å². The van der Waals surface area contributed by atoms with Crippen molar-refractivity contribution in [3.05, 3.63) is 59.4 Å². The smallest absolute Gasteiger partial charge is 0.231 e. The molecular formula is C22H28FNO4. The van der Waals surface area contributed by atoms with Gasteiger partial charge in [0, 0.05) is 25.2 Å². The molecule has 0 spiro atoms. The molecule has 2 aromatic rings. The third kappa shape index (κ3) is 5.92. The number of aliphatic hydroxyl groups is 1. The van der Waals surface area contributed by atoms with Gasteiger partial charge >= 0.3 is 0 Å². The Hall–Kier alpha value is -2.15. The summed E-state index contributed by atoms with van der Waals surface area (Å²) < 4.78 is 30.7. The predicted molar refractivity (Wildman–Crippen MR) is 105 cm³/mol. The first-order chi connectivity index (χ1) is 13.3. The Kier molecular flexibility index (Phi) is 6.54. The number of hydrogen-bond donors (Lipinski definition) is 1. The molecule has 1 unspecified atom stereocenters. The van der Waals surface area contributed by atoms with Crippen LogP contribution in [0, 0.1) is 5.82 Å². The van der Waals surface area contributed by atoms with E-state index in [0.717, 1.165) is 11.3 Å². The van der Waals surface area contributed by atoms with E-state index in [9.17, 15) is 9.50 Å². The molecule has 0 saturated heterocycles. The van der Waals surface area contributed by atoms with Crippen molar-refractivity contribution in [2.24, 2.45) is 0 Å². The van der Waals surface area contributed by atoms with Crippen molar-refractivity contribution in [1.82, 2.24) is 4.90 Å². The van der Waals surface area contributed by atoms with Crippen molar-refractivity contribution in [2.45, 2.75) is 45.6 Å². The quantitative estimate of drug-likeness (QED) is 0.746. The molecule has 0 fully saturated rings. The minimum Gasteiger partial charge on any atom is -0.454 e. The largest absolute Gasteiger partial charge is 0.454 e. The van der Waals surface area contributed by atoms with Crippen LogP contribution in [0.4, 0.5) is 4.39 Å². The van der Waals surface area contributed by atoms with Gasteiger partial charge in [0.1, 0.15) is 5.82 Å². The molecule has 152 valence electrons. The number of fused-ring (bicyclic) bond motifs is 1. The van der Waals surface area contributed by atoms with Gasteiger partial charge in [-0.25, -0.2) is 4.39 Å². The van der Waals surface area contributed by atoms with Crippen LogP contribution in [0.25, 0.3) is 0 Å². The summed E-state index contributed by atoms with van der Waals surface area (Å²) in [6.45, 7) is 7.57. The molecule has 1 atom stereocenters. The summed E-state index contributed by atoms with van der Waals surface area (Å²) in [6, 6.07) is 12.5. The molecule has 1 heterocycles. The van der Waals surface area contributed by atoms with Crippen molar-refractivity contribution in [2.75, 3.05) is 19.9 Å². The summed E-state index contributed by atoms with van der Waals surface area (Å²) in [5.74, 6) is 1.18. The van der Waals surface area contributed by atoms with Gasteiger partial charge in [-0.15, -0.1) is 0 Å². The molecule has 1 aliphatic rings. The first-order valence-electron chi connectivity index (χ1n) is 9.46. The molecule has 0 aromatic heterocycles. The average molecular weight is 389 g/mol. The van der Waals surface area contributed by atoms with Crippen LogP contribution in [0.1, 0.15) is 31.9 Å². The minimum absolute atomic E-state index is 0.221. The fourth-order valence-electron chi connectivity index (χ4n) is 3.05. The molecule has 0 saturated carbocycles. The van der Waals surface area contributed by atoms with E-state index in [1.165, 1.54) is 6.07 Å². The highest BCUT2D eigenvalue weighted by molar-refractivity contribution is 5.44. The lowest BCUT2D eigenvalue weighted by molar-refractivity contribution is -0.0573. The molecule has 3 rings (SSSR count). The first-order valence-corrected chi connectivity index (χ1v) is 9.46. The molecule has 6 heteroatoms.